The lowest BCUT2D eigenvalue weighted by atomic mass is 10.2. The molecule has 0 N–H and O–H groups in total. The number of thiol groups is 1. The average Bonchev–Trinajstić information content (AvgIpc) is 2.33. The van der Waals surface area contributed by atoms with Crippen LogP contribution in [0.1, 0.15) is 25.8 Å². The van der Waals surface area contributed by atoms with E-state index in [0.717, 1.165) is 4.90 Å². The summed E-state index contributed by atoms with van der Waals surface area (Å²) in [7, 11) is 0. The van der Waals surface area contributed by atoms with Crippen molar-refractivity contribution >= 4 is 12.6 Å². The molecule has 1 heteroatoms. The fourth-order valence-electron chi connectivity index (χ4n) is 0.962. The van der Waals surface area contributed by atoms with Gasteiger partial charge >= 0.3 is 0 Å². The van der Waals surface area contributed by atoms with Gasteiger partial charge < -0.3 is 0 Å². The summed E-state index contributed by atoms with van der Waals surface area (Å²) in [5.41, 5.74) is 1.32. The lowest BCUT2D eigenvalue weighted by Crippen LogP contribution is -1.62. The quantitative estimate of drug-likeness (QED) is 0.592. The van der Waals surface area contributed by atoms with E-state index >= 15 is 0 Å². The zero-order chi connectivity index (χ0) is 12.9. The molecule has 2 rings (SSSR count). The van der Waals surface area contributed by atoms with Crippen LogP contribution in [0.5, 0.6) is 0 Å². The molecule has 0 aromatic heterocycles. The second-order valence-electron chi connectivity index (χ2n) is 3.70. The van der Waals surface area contributed by atoms with Crippen molar-refractivity contribution in [1.82, 2.24) is 0 Å². The lowest BCUT2D eigenvalue weighted by molar-refractivity contribution is 1.09. The molecule has 0 aliphatic rings. The van der Waals surface area contributed by atoms with Crippen LogP contribution in [-0.2, 0) is 0 Å². The number of rotatable bonds is 0. The molecular weight excluding hydrogens is 224 g/mol. The van der Waals surface area contributed by atoms with Gasteiger partial charge in [-0.05, 0) is 19.1 Å². The average molecular weight is 246 g/mol. The Hall–Kier alpha value is -1.21. The molecule has 0 spiro atoms. The second-order valence-corrected chi connectivity index (χ2v) is 4.21. The topological polar surface area (TPSA) is 0 Å². The zero-order valence-electron chi connectivity index (χ0n) is 10.9. The van der Waals surface area contributed by atoms with E-state index in [1.165, 1.54) is 12.0 Å². The fraction of sp³-hybridized carbons (Fsp3) is 0.250. The molecule has 0 amide bonds. The molecule has 0 nitrogen and oxygen atoms in total. The van der Waals surface area contributed by atoms with Crippen molar-refractivity contribution in [2.45, 2.75) is 32.1 Å². The van der Waals surface area contributed by atoms with Gasteiger partial charge in [0.2, 0.25) is 0 Å². The third kappa shape index (κ3) is 11.1. The molecule has 2 aromatic carbocycles. The highest BCUT2D eigenvalue weighted by Gasteiger charge is 1.73. The Morgan fingerprint density at radius 1 is 0.765 bits per heavy atom. The van der Waals surface area contributed by atoms with E-state index in [4.69, 9.17) is 0 Å². The van der Waals surface area contributed by atoms with Crippen molar-refractivity contribution in [1.29, 1.82) is 0 Å². The number of hydrogen-bond donors (Lipinski definition) is 1. The molecule has 92 valence electrons. The maximum Gasteiger partial charge on any atom is 0.00399 e. The number of hydrogen-bond acceptors (Lipinski definition) is 1. The summed E-state index contributed by atoms with van der Waals surface area (Å²) in [6.07, 6.45) is 1.25. The first kappa shape index (κ1) is 15.8. The molecule has 2 aromatic rings. The van der Waals surface area contributed by atoms with Crippen LogP contribution in [0.2, 0.25) is 0 Å². The minimum atomic E-state index is 1.02. The Bertz CT molecular complexity index is 316. The predicted octanol–water partition coefficient (Wildman–Crippen LogP) is 5.39. The monoisotopic (exact) mass is 246 g/mol. The predicted molar refractivity (Wildman–Crippen MR) is 80.8 cm³/mol. The smallest absolute Gasteiger partial charge is 0.00399 e. The van der Waals surface area contributed by atoms with Gasteiger partial charge in [0.15, 0.2) is 0 Å². The van der Waals surface area contributed by atoms with E-state index in [1.54, 1.807) is 0 Å². The molecule has 0 aliphatic heterocycles. The molecule has 0 bridgehead atoms. The van der Waals surface area contributed by atoms with Crippen molar-refractivity contribution < 1.29 is 0 Å². The van der Waals surface area contributed by atoms with Gasteiger partial charge in [-0.25, -0.2) is 0 Å². The van der Waals surface area contributed by atoms with Gasteiger partial charge in [-0.2, -0.15) is 0 Å². The van der Waals surface area contributed by atoms with Crippen LogP contribution < -0.4 is 0 Å². The summed E-state index contributed by atoms with van der Waals surface area (Å²) < 4.78 is 0. The third-order valence-corrected chi connectivity index (χ3v) is 1.99. The highest BCUT2D eigenvalue weighted by atomic mass is 32.1. The van der Waals surface area contributed by atoms with Gasteiger partial charge in [-0.15, -0.1) is 12.6 Å². The van der Waals surface area contributed by atoms with Crippen LogP contribution in [0.3, 0.4) is 0 Å². The van der Waals surface area contributed by atoms with Crippen LogP contribution in [-0.4, -0.2) is 0 Å². The molecule has 17 heavy (non-hydrogen) atoms. The van der Waals surface area contributed by atoms with Gasteiger partial charge in [0.1, 0.15) is 0 Å². The van der Waals surface area contributed by atoms with Crippen molar-refractivity contribution in [3.05, 3.63) is 66.2 Å². The molecule has 0 unspecified atom stereocenters. The van der Waals surface area contributed by atoms with E-state index in [9.17, 15) is 0 Å². The van der Waals surface area contributed by atoms with Gasteiger partial charge in [-0.1, -0.05) is 74.4 Å². The molecule has 0 saturated carbocycles. The fourth-order valence-corrected chi connectivity index (χ4v) is 1.13. The summed E-state index contributed by atoms with van der Waals surface area (Å²) in [6, 6.07) is 20.0. The van der Waals surface area contributed by atoms with Crippen molar-refractivity contribution in [2.75, 3.05) is 0 Å². The summed E-state index contributed by atoms with van der Waals surface area (Å²) >= 11 is 4.08. The summed E-state index contributed by atoms with van der Waals surface area (Å²) in [5.74, 6) is 0. The van der Waals surface area contributed by atoms with Gasteiger partial charge in [0.05, 0.1) is 0 Å². The standard InChI is InChI=1S/C7H8.C6H6S.C3H8/c1-7-5-3-2-4-6-7;7-6-4-2-1-3-5-6;1-3-2/h2-6H,1H3;1-5,7H;3H2,1-2H3. The van der Waals surface area contributed by atoms with E-state index in [0.29, 0.717) is 0 Å². The first-order chi connectivity index (χ1) is 8.20. The second kappa shape index (κ2) is 11.3. The van der Waals surface area contributed by atoms with E-state index in [1.807, 2.05) is 48.5 Å². The summed E-state index contributed by atoms with van der Waals surface area (Å²) in [4.78, 5) is 1.02. The van der Waals surface area contributed by atoms with Crippen molar-refractivity contribution in [3.63, 3.8) is 0 Å². The van der Waals surface area contributed by atoms with Gasteiger partial charge in [-0.3, -0.25) is 0 Å². The van der Waals surface area contributed by atoms with Crippen molar-refractivity contribution in [2.24, 2.45) is 0 Å². The first-order valence-corrected chi connectivity index (χ1v) is 6.41. The van der Waals surface area contributed by atoms with Gasteiger partial charge in [0.25, 0.3) is 0 Å². The molecule has 0 atom stereocenters. The molecule has 0 fully saturated rings. The van der Waals surface area contributed by atoms with Crippen LogP contribution in [0.4, 0.5) is 0 Å². The third-order valence-electron chi connectivity index (χ3n) is 1.70. The normalized spacial score (nSPS) is 8.24. The maximum atomic E-state index is 4.08. The zero-order valence-corrected chi connectivity index (χ0v) is 11.8. The minimum absolute atomic E-state index is 1.02. The highest BCUT2D eigenvalue weighted by molar-refractivity contribution is 7.80. The Kier molecular flexibility index (Phi) is 10.5. The Morgan fingerprint density at radius 2 is 1.12 bits per heavy atom. The SMILES string of the molecule is CCC.Cc1ccccc1.Sc1ccccc1. The number of benzene rings is 2. The maximum absolute atomic E-state index is 4.08. The molecule has 0 aliphatic carbocycles. The van der Waals surface area contributed by atoms with Crippen LogP contribution in [0.15, 0.2) is 65.6 Å². The van der Waals surface area contributed by atoms with E-state index in [-0.39, 0.29) is 0 Å². The molecule has 0 radical (unpaired) electrons. The molecule has 0 heterocycles. The first-order valence-electron chi connectivity index (χ1n) is 5.96. The lowest BCUT2D eigenvalue weighted by Gasteiger charge is -1.82. The molecular formula is C16H22S. The minimum Gasteiger partial charge on any atom is -0.143 e. The summed E-state index contributed by atoms with van der Waals surface area (Å²) in [5, 5.41) is 0. The number of aryl methyl sites for hydroxylation is 1. The van der Waals surface area contributed by atoms with Crippen LogP contribution in [0.25, 0.3) is 0 Å². The summed E-state index contributed by atoms with van der Waals surface area (Å²) in [6.45, 7) is 6.33. The van der Waals surface area contributed by atoms with E-state index < -0.39 is 0 Å². The Labute approximate surface area is 111 Å². The Morgan fingerprint density at radius 3 is 1.29 bits per heavy atom. The largest absolute Gasteiger partial charge is 0.143 e. The molecule has 0 saturated heterocycles. The van der Waals surface area contributed by atoms with Crippen molar-refractivity contribution in [3.8, 4) is 0 Å². The Balaban J connectivity index is 0.000000247. The van der Waals surface area contributed by atoms with Crippen LogP contribution in [0, 0.1) is 6.92 Å². The highest BCUT2D eigenvalue weighted by Crippen LogP contribution is 2.00. The van der Waals surface area contributed by atoms with Crippen LogP contribution >= 0.6 is 12.6 Å². The van der Waals surface area contributed by atoms with Gasteiger partial charge in [0, 0.05) is 4.90 Å². The van der Waals surface area contributed by atoms with E-state index in [2.05, 4.69) is 45.5 Å².